The number of hydrogen-bond acceptors (Lipinski definition) is 3. The molecule has 0 saturated heterocycles. The van der Waals surface area contributed by atoms with Gasteiger partial charge in [-0.3, -0.25) is 4.79 Å². The third-order valence-electron chi connectivity index (χ3n) is 2.26. The Bertz CT molecular complexity index is 590. The molecule has 0 spiro atoms. The Labute approximate surface area is 133 Å². The van der Waals surface area contributed by atoms with Crippen molar-refractivity contribution in [3.05, 3.63) is 48.0 Å². The van der Waals surface area contributed by atoms with Crippen molar-refractivity contribution >= 4 is 43.6 Å². The fourth-order valence-electron chi connectivity index (χ4n) is 1.47. The summed E-state index contributed by atoms with van der Waals surface area (Å²) < 4.78 is 13.0. The van der Waals surface area contributed by atoms with Crippen molar-refractivity contribution < 1.29 is 14.3 Å². The summed E-state index contributed by atoms with van der Waals surface area (Å²) in [6.07, 6.45) is 1.36. The zero-order chi connectivity index (χ0) is 12.4. The zero-order valence-corrected chi connectivity index (χ0v) is 8.72. The molecule has 1 amide bonds. The number of nitrogens with zero attached hydrogens (tertiary/aromatic N) is 1. The molecule has 2 aromatic rings. The van der Waals surface area contributed by atoms with Crippen LogP contribution in [0.1, 0.15) is 10.5 Å². The summed E-state index contributed by atoms with van der Waals surface area (Å²) in [5.41, 5.74) is 5.87. The van der Waals surface area contributed by atoms with Crippen molar-refractivity contribution in [3.63, 3.8) is 0 Å². The van der Waals surface area contributed by atoms with Crippen LogP contribution in [0.3, 0.4) is 0 Å². The first-order valence-electron chi connectivity index (χ1n) is 4.82. The zero-order valence-electron chi connectivity index (χ0n) is 8.72. The molecule has 0 atom stereocenters. The van der Waals surface area contributed by atoms with Crippen LogP contribution in [0.15, 0.2) is 36.5 Å². The molecule has 0 saturated carbocycles. The molecule has 18 heavy (non-hydrogen) atoms. The van der Waals surface area contributed by atoms with Gasteiger partial charge in [0.25, 0.3) is 5.91 Å². The van der Waals surface area contributed by atoms with E-state index in [-0.39, 0.29) is 55.0 Å². The Morgan fingerprint density at radius 2 is 2.00 bits per heavy atom. The molecule has 0 bridgehead atoms. The van der Waals surface area contributed by atoms with Gasteiger partial charge in [0.15, 0.2) is 5.69 Å². The van der Waals surface area contributed by atoms with E-state index < -0.39 is 5.91 Å². The molecular formula is C12H11CaFN2O2. The van der Waals surface area contributed by atoms with Gasteiger partial charge in [-0.05, 0) is 23.8 Å². The van der Waals surface area contributed by atoms with Crippen LogP contribution >= 0.6 is 0 Å². The van der Waals surface area contributed by atoms with Crippen LogP contribution in [-0.2, 0) is 0 Å². The van der Waals surface area contributed by atoms with Gasteiger partial charge in [-0.1, -0.05) is 12.1 Å². The van der Waals surface area contributed by atoms with E-state index in [1.165, 1.54) is 24.4 Å². The number of nitrogens with two attached hydrogens (primary N) is 1. The first-order valence-corrected chi connectivity index (χ1v) is 4.82. The second-order valence-electron chi connectivity index (χ2n) is 3.47. The molecule has 1 heterocycles. The van der Waals surface area contributed by atoms with Gasteiger partial charge in [0.1, 0.15) is 11.6 Å². The van der Waals surface area contributed by atoms with Crippen LogP contribution in [0.5, 0.6) is 5.75 Å². The second-order valence-corrected chi connectivity index (χ2v) is 3.47. The van der Waals surface area contributed by atoms with Crippen LogP contribution in [-0.4, -0.2) is 53.7 Å². The topological polar surface area (TPSA) is 76.2 Å². The molecule has 0 aliphatic heterocycles. The van der Waals surface area contributed by atoms with Gasteiger partial charge in [0, 0.05) is 11.8 Å². The van der Waals surface area contributed by atoms with Crippen molar-refractivity contribution in [3.8, 4) is 16.9 Å². The van der Waals surface area contributed by atoms with E-state index in [1.54, 1.807) is 12.1 Å². The minimum absolute atomic E-state index is 0. The predicted molar refractivity (Wildman–Crippen MR) is 68.4 cm³/mol. The Morgan fingerprint density at radius 1 is 1.28 bits per heavy atom. The minimum atomic E-state index is -0.812. The normalized spacial score (nSPS) is 9.61. The Morgan fingerprint density at radius 3 is 2.56 bits per heavy atom. The van der Waals surface area contributed by atoms with Gasteiger partial charge in [-0.25, -0.2) is 9.37 Å². The van der Waals surface area contributed by atoms with E-state index in [0.717, 1.165) is 0 Å². The number of aromatic nitrogens is 1. The molecule has 0 aliphatic carbocycles. The molecule has 6 heteroatoms. The fraction of sp³-hybridized carbons (Fsp3) is 0. The summed E-state index contributed by atoms with van der Waals surface area (Å²) >= 11 is 0. The Kier molecular flexibility index (Phi) is 5.07. The monoisotopic (exact) mass is 274 g/mol. The number of halogens is 1. The number of benzene rings is 1. The number of carbonyl (C=O) groups excluding carboxylic acids is 1. The van der Waals surface area contributed by atoms with Gasteiger partial charge in [-0.15, -0.1) is 0 Å². The van der Waals surface area contributed by atoms with Crippen molar-refractivity contribution in [2.45, 2.75) is 0 Å². The number of primary amides is 1. The number of carbonyl (C=O) groups is 1. The standard InChI is InChI=1S/C12H9FN2O2.Ca.2H/c13-9-3-1-2-7(4-9)8-5-10(16)11(12(14)17)15-6-8;;;/h1-6,16H,(H2,14,17);;;. The van der Waals surface area contributed by atoms with E-state index in [0.29, 0.717) is 11.1 Å². The number of rotatable bonds is 2. The summed E-state index contributed by atoms with van der Waals surface area (Å²) in [4.78, 5) is 14.6. The van der Waals surface area contributed by atoms with Gasteiger partial charge in [-0.2, -0.15) is 0 Å². The number of hydrogen-bond donors (Lipinski definition) is 2. The number of pyridine rings is 1. The van der Waals surface area contributed by atoms with Crippen LogP contribution in [0.25, 0.3) is 11.1 Å². The van der Waals surface area contributed by atoms with E-state index in [4.69, 9.17) is 5.73 Å². The third kappa shape index (κ3) is 3.19. The predicted octanol–water partition coefficient (Wildman–Crippen LogP) is 0.776. The average Bonchev–Trinajstić information content (AvgIpc) is 2.28. The summed E-state index contributed by atoms with van der Waals surface area (Å²) in [7, 11) is 0. The average molecular weight is 274 g/mol. The quantitative estimate of drug-likeness (QED) is 0.794. The van der Waals surface area contributed by atoms with E-state index in [1.807, 2.05) is 0 Å². The molecule has 1 aromatic carbocycles. The molecule has 1 aromatic heterocycles. The van der Waals surface area contributed by atoms with Crippen LogP contribution < -0.4 is 5.73 Å². The molecule has 0 aliphatic rings. The van der Waals surface area contributed by atoms with E-state index in [9.17, 15) is 14.3 Å². The van der Waals surface area contributed by atoms with Gasteiger partial charge in [0.2, 0.25) is 0 Å². The van der Waals surface area contributed by atoms with Crippen molar-refractivity contribution in [1.29, 1.82) is 0 Å². The summed E-state index contributed by atoms with van der Waals surface area (Å²) in [6, 6.07) is 7.16. The maximum absolute atomic E-state index is 13.0. The van der Waals surface area contributed by atoms with E-state index >= 15 is 0 Å². The molecule has 90 valence electrons. The first kappa shape index (κ1) is 14.9. The van der Waals surface area contributed by atoms with Crippen molar-refractivity contribution in [1.82, 2.24) is 4.98 Å². The molecule has 2 rings (SSSR count). The van der Waals surface area contributed by atoms with Crippen LogP contribution in [0, 0.1) is 5.82 Å². The summed E-state index contributed by atoms with van der Waals surface area (Å²) in [5.74, 6) is -1.52. The Balaban J connectivity index is 0.00000162. The third-order valence-corrected chi connectivity index (χ3v) is 2.26. The summed E-state index contributed by atoms with van der Waals surface area (Å²) in [5, 5.41) is 9.54. The van der Waals surface area contributed by atoms with Gasteiger partial charge in [0.05, 0.1) is 0 Å². The fourth-order valence-corrected chi connectivity index (χ4v) is 1.47. The van der Waals surface area contributed by atoms with Gasteiger partial charge >= 0.3 is 37.7 Å². The van der Waals surface area contributed by atoms with E-state index in [2.05, 4.69) is 4.98 Å². The van der Waals surface area contributed by atoms with Crippen LogP contribution in [0.2, 0.25) is 0 Å². The SMILES string of the molecule is NC(=O)c1ncc(-c2cccc(F)c2)cc1O.[CaH2]. The van der Waals surface area contributed by atoms with Crippen LogP contribution in [0.4, 0.5) is 4.39 Å². The Hall–Kier alpha value is -1.17. The molecule has 3 N–H and O–H groups in total. The molecule has 4 nitrogen and oxygen atoms in total. The second kappa shape index (κ2) is 6.13. The van der Waals surface area contributed by atoms with Crippen molar-refractivity contribution in [2.75, 3.05) is 0 Å². The molecule has 0 radical (unpaired) electrons. The molecule has 0 fully saturated rings. The maximum atomic E-state index is 13.0. The van der Waals surface area contributed by atoms with Gasteiger partial charge < -0.3 is 10.8 Å². The number of aromatic hydroxyl groups is 1. The first-order chi connectivity index (χ1) is 8.08. The summed E-state index contributed by atoms with van der Waals surface area (Å²) in [6.45, 7) is 0. The molecular weight excluding hydrogens is 263 g/mol. The molecule has 0 unspecified atom stereocenters. The van der Waals surface area contributed by atoms with Crippen molar-refractivity contribution in [2.24, 2.45) is 5.73 Å². The number of amides is 1.